The normalized spacial score (nSPS) is 27.4. The van der Waals surface area contributed by atoms with Crippen molar-refractivity contribution >= 4 is 16.4 Å². The van der Waals surface area contributed by atoms with Crippen LogP contribution in [-0.4, -0.2) is 36.6 Å². The molecule has 0 spiro atoms. The number of rotatable bonds is 1. The van der Waals surface area contributed by atoms with Crippen LogP contribution in [0.3, 0.4) is 0 Å². The highest BCUT2D eigenvalue weighted by Crippen LogP contribution is 2.20. The molecule has 1 aliphatic rings. The van der Waals surface area contributed by atoms with Crippen molar-refractivity contribution in [3.8, 4) is 0 Å². The van der Waals surface area contributed by atoms with E-state index in [1.807, 2.05) is 0 Å². The van der Waals surface area contributed by atoms with Crippen molar-refractivity contribution < 1.29 is 22.5 Å². The van der Waals surface area contributed by atoms with Crippen LogP contribution in [0.1, 0.15) is 13.3 Å². The van der Waals surface area contributed by atoms with E-state index in [9.17, 15) is 13.2 Å². The van der Waals surface area contributed by atoms with Crippen LogP contribution in [0.5, 0.6) is 0 Å². The predicted molar refractivity (Wildman–Crippen MR) is 38.8 cm³/mol. The first-order valence-electron chi connectivity index (χ1n) is 3.40. The Morgan fingerprint density at radius 3 is 2.67 bits per heavy atom. The molecule has 1 unspecified atom stereocenters. The van der Waals surface area contributed by atoms with Crippen LogP contribution in [0.25, 0.3) is 0 Å². The quantitative estimate of drug-likeness (QED) is 0.637. The van der Waals surface area contributed by atoms with Gasteiger partial charge in [-0.2, -0.15) is 12.7 Å². The second kappa shape index (κ2) is 2.91. The Bertz CT molecular complexity index is 284. The summed E-state index contributed by atoms with van der Waals surface area (Å²) in [4.78, 5) is 10.5. The highest BCUT2D eigenvalue weighted by molar-refractivity contribution is 7.85. The average molecular weight is 195 g/mol. The summed E-state index contributed by atoms with van der Waals surface area (Å²) >= 11 is 0. The number of carbonyl (C=O) groups is 1. The standard InChI is InChI=1S/C5H9NO5S/c1-2-4-3-11-12(9,10)6(4)5(7)8/h4H,2-3H2,1H3,(H,7,8). The second-order valence-corrected chi connectivity index (χ2v) is 3.87. The van der Waals surface area contributed by atoms with Crippen molar-refractivity contribution in [1.82, 2.24) is 4.31 Å². The molecular weight excluding hydrogens is 186 g/mol. The van der Waals surface area contributed by atoms with Gasteiger partial charge >= 0.3 is 16.4 Å². The lowest BCUT2D eigenvalue weighted by Gasteiger charge is -2.14. The molecular formula is C5H9NO5S. The number of amides is 1. The molecule has 1 atom stereocenters. The van der Waals surface area contributed by atoms with Crippen LogP contribution in [0, 0.1) is 0 Å². The Hall–Kier alpha value is -0.820. The summed E-state index contributed by atoms with van der Waals surface area (Å²) in [5, 5.41) is 8.52. The molecule has 6 nitrogen and oxygen atoms in total. The summed E-state index contributed by atoms with van der Waals surface area (Å²) in [5.74, 6) is 0. The third kappa shape index (κ3) is 1.37. The minimum Gasteiger partial charge on any atom is -0.464 e. The van der Waals surface area contributed by atoms with Crippen molar-refractivity contribution in [2.45, 2.75) is 19.4 Å². The van der Waals surface area contributed by atoms with E-state index in [1.54, 1.807) is 6.92 Å². The minimum atomic E-state index is -4.01. The highest BCUT2D eigenvalue weighted by atomic mass is 32.2. The number of hydrogen-bond acceptors (Lipinski definition) is 4. The maximum absolute atomic E-state index is 10.9. The first-order chi connectivity index (χ1) is 5.49. The van der Waals surface area contributed by atoms with Gasteiger partial charge in [-0.1, -0.05) is 6.92 Å². The molecule has 0 radical (unpaired) electrons. The van der Waals surface area contributed by atoms with Crippen molar-refractivity contribution in [2.75, 3.05) is 6.61 Å². The van der Waals surface area contributed by atoms with Crippen LogP contribution >= 0.6 is 0 Å². The Labute approximate surface area is 70.0 Å². The Kier molecular flexibility index (Phi) is 2.25. The molecule has 1 rings (SSSR count). The SMILES string of the molecule is CCC1COS(=O)(=O)N1C(=O)O. The van der Waals surface area contributed by atoms with Gasteiger partial charge in [0.25, 0.3) is 0 Å². The zero-order valence-corrected chi connectivity index (χ0v) is 7.24. The van der Waals surface area contributed by atoms with Gasteiger partial charge in [0.15, 0.2) is 0 Å². The fourth-order valence-electron chi connectivity index (χ4n) is 1.01. The predicted octanol–water partition coefficient (Wildman–Crippen LogP) is 0.0200. The van der Waals surface area contributed by atoms with Crippen molar-refractivity contribution in [2.24, 2.45) is 0 Å². The van der Waals surface area contributed by atoms with Crippen LogP contribution in [0.4, 0.5) is 4.79 Å². The van der Waals surface area contributed by atoms with Crippen LogP contribution in [-0.2, 0) is 14.5 Å². The van der Waals surface area contributed by atoms with E-state index >= 15 is 0 Å². The number of carboxylic acid groups (broad SMARTS) is 1. The number of nitrogens with zero attached hydrogens (tertiary/aromatic N) is 1. The summed E-state index contributed by atoms with van der Waals surface area (Å²) in [7, 11) is -4.01. The lowest BCUT2D eigenvalue weighted by atomic mass is 10.2. The molecule has 1 heterocycles. The fraction of sp³-hybridized carbons (Fsp3) is 0.800. The molecule has 1 saturated heterocycles. The molecule has 0 saturated carbocycles. The summed E-state index contributed by atoms with van der Waals surface area (Å²) in [6.45, 7) is 1.62. The highest BCUT2D eigenvalue weighted by Gasteiger charge is 2.41. The Morgan fingerprint density at radius 2 is 2.33 bits per heavy atom. The Balaban J connectivity index is 2.96. The summed E-state index contributed by atoms with van der Waals surface area (Å²) in [6, 6.07) is -0.576. The number of hydrogen-bond donors (Lipinski definition) is 1. The van der Waals surface area contributed by atoms with Gasteiger partial charge < -0.3 is 5.11 Å². The third-order valence-electron chi connectivity index (χ3n) is 1.64. The first-order valence-corrected chi connectivity index (χ1v) is 4.77. The van der Waals surface area contributed by atoms with Crippen LogP contribution in [0.15, 0.2) is 0 Å². The molecule has 0 aromatic heterocycles. The molecule has 0 aliphatic carbocycles. The van der Waals surface area contributed by atoms with Gasteiger partial charge in [0.2, 0.25) is 0 Å². The van der Waals surface area contributed by atoms with Gasteiger partial charge in [0.05, 0.1) is 12.6 Å². The molecule has 0 bridgehead atoms. The topological polar surface area (TPSA) is 83.9 Å². The van der Waals surface area contributed by atoms with Crippen molar-refractivity contribution in [3.05, 3.63) is 0 Å². The van der Waals surface area contributed by atoms with Gasteiger partial charge in [-0.3, -0.25) is 4.18 Å². The van der Waals surface area contributed by atoms with E-state index in [1.165, 1.54) is 0 Å². The van der Waals surface area contributed by atoms with Gasteiger partial charge in [-0.25, -0.2) is 4.79 Å². The fourth-order valence-corrected chi connectivity index (χ4v) is 2.22. The smallest absolute Gasteiger partial charge is 0.423 e. The zero-order chi connectivity index (χ0) is 9.35. The summed E-state index contributed by atoms with van der Waals surface area (Å²) in [5.41, 5.74) is 0. The van der Waals surface area contributed by atoms with E-state index in [0.717, 1.165) is 0 Å². The molecule has 1 N–H and O–H groups in total. The van der Waals surface area contributed by atoms with Gasteiger partial charge in [0.1, 0.15) is 0 Å². The van der Waals surface area contributed by atoms with Gasteiger partial charge in [0, 0.05) is 0 Å². The van der Waals surface area contributed by atoms with Crippen molar-refractivity contribution in [3.63, 3.8) is 0 Å². The molecule has 0 aromatic carbocycles. The first kappa shape index (κ1) is 9.27. The summed E-state index contributed by atoms with van der Waals surface area (Å²) in [6.07, 6.45) is -1.06. The van der Waals surface area contributed by atoms with Crippen LogP contribution in [0.2, 0.25) is 0 Å². The van der Waals surface area contributed by atoms with Crippen LogP contribution < -0.4 is 0 Å². The van der Waals surface area contributed by atoms with Crippen molar-refractivity contribution in [1.29, 1.82) is 0 Å². The minimum absolute atomic E-state index is 0.0782. The average Bonchev–Trinajstić information content (AvgIpc) is 2.24. The Morgan fingerprint density at radius 1 is 1.75 bits per heavy atom. The maximum Gasteiger partial charge on any atom is 0.423 e. The monoisotopic (exact) mass is 195 g/mol. The van der Waals surface area contributed by atoms with E-state index in [4.69, 9.17) is 5.11 Å². The molecule has 1 fully saturated rings. The molecule has 70 valence electrons. The maximum atomic E-state index is 10.9. The third-order valence-corrected chi connectivity index (χ3v) is 3.01. The van der Waals surface area contributed by atoms with E-state index in [2.05, 4.69) is 4.18 Å². The second-order valence-electron chi connectivity index (χ2n) is 2.38. The molecule has 1 aliphatic heterocycles. The van der Waals surface area contributed by atoms with Gasteiger partial charge in [-0.05, 0) is 6.42 Å². The lowest BCUT2D eigenvalue weighted by Crippen LogP contribution is -2.37. The molecule has 1 amide bonds. The molecule has 0 aromatic rings. The zero-order valence-electron chi connectivity index (χ0n) is 6.43. The molecule has 7 heteroatoms. The van der Waals surface area contributed by atoms with E-state index in [-0.39, 0.29) is 6.61 Å². The summed E-state index contributed by atoms with van der Waals surface area (Å²) < 4.78 is 26.5. The van der Waals surface area contributed by atoms with E-state index < -0.39 is 22.4 Å². The largest absolute Gasteiger partial charge is 0.464 e. The molecule has 12 heavy (non-hydrogen) atoms. The lowest BCUT2D eigenvalue weighted by molar-refractivity contribution is 0.163. The van der Waals surface area contributed by atoms with E-state index in [0.29, 0.717) is 10.7 Å². The van der Waals surface area contributed by atoms with Gasteiger partial charge in [-0.15, -0.1) is 0 Å².